The molecule has 4 aliphatic rings. The number of hydrogen-bond acceptors (Lipinski definition) is 6. The molecule has 3 aromatic rings. The van der Waals surface area contributed by atoms with E-state index in [1.165, 1.54) is 23.3 Å². The normalized spacial score (nSPS) is 18.9. The minimum absolute atomic E-state index is 0.0782. The van der Waals surface area contributed by atoms with E-state index in [0.717, 1.165) is 20.9 Å². The van der Waals surface area contributed by atoms with Crippen LogP contribution >= 0.6 is 23.2 Å². The predicted molar refractivity (Wildman–Crippen MR) is 158 cm³/mol. The van der Waals surface area contributed by atoms with Crippen LogP contribution in [0, 0.1) is 0 Å². The molecule has 4 amide bonds. The zero-order chi connectivity index (χ0) is 29.1. The summed E-state index contributed by atoms with van der Waals surface area (Å²) in [5.41, 5.74) is 4.86. The highest BCUT2D eigenvalue weighted by atomic mass is 35.5. The average molecular weight is 599 g/mol. The fourth-order valence-corrected chi connectivity index (χ4v) is 6.75. The van der Waals surface area contributed by atoms with Gasteiger partial charge in [-0.05, 0) is 47.2 Å². The van der Waals surface area contributed by atoms with Crippen LogP contribution in [0.25, 0.3) is 0 Å². The molecule has 3 aromatic carbocycles. The summed E-state index contributed by atoms with van der Waals surface area (Å²) >= 11 is 13.1. The molecular weight excluding hydrogens is 575 g/mol. The van der Waals surface area contributed by atoms with Crippen molar-refractivity contribution in [3.63, 3.8) is 0 Å². The number of rotatable bonds is 4. The highest BCUT2D eigenvalue weighted by Crippen LogP contribution is 2.41. The number of benzene rings is 3. The Balaban J connectivity index is 1.19. The SMILES string of the molecule is O=C1C(Cl)=C(N2CCc3ccccc3C2)C(=O)N1c1ccccc1N1C(=O)C(Cl)=C(N2CCc3ccccc3C2)C1=O. The fraction of sp³-hybridized carbons (Fsp3) is 0.188. The van der Waals surface area contributed by atoms with Gasteiger partial charge < -0.3 is 9.80 Å². The summed E-state index contributed by atoms with van der Waals surface area (Å²) < 4.78 is 0. The van der Waals surface area contributed by atoms with Crippen LogP contribution in [-0.4, -0.2) is 46.5 Å². The average Bonchev–Trinajstić information content (AvgIpc) is 3.37. The van der Waals surface area contributed by atoms with Crippen LogP contribution in [-0.2, 0) is 45.1 Å². The Morgan fingerprint density at radius 2 is 0.833 bits per heavy atom. The molecule has 210 valence electrons. The van der Waals surface area contributed by atoms with Gasteiger partial charge in [0.2, 0.25) is 0 Å². The third-order valence-electron chi connectivity index (χ3n) is 8.27. The Labute approximate surface area is 252 Å². The third kappa shape index (κ3) is 4.05. The minimum atomic E-state index is -0.714. The van der Waals surface area contributed by atoms with Gasteiger partial charge in [0.1, 0.15) is 21.5 Å². The van der Waals surface area contributed by atoms with E-state index in [1.54, 1.807) is 12.1 Å². The number of carbonyl (C=O) groups excluding carboxylic acids is 4. The van der Waals surface area contributed by atoms with Crippen molar-refractivity contribution in [2.45, 2.75) is 25.9 Å². The van der Waals surface area contributed by atoms with Crippen molar-refractivity contribution < 1.29 is 19.2 Å². The summed E-state index contributed by atoms with van der Waals surface area (Å²) in [6, 6.07) is 22.2. The van der Waals surface area contributed by atoms with Crippen LogP contribution in [0.4, 0.5) is 11.4 Å². The van der Waals surface area contributed by atoms with E-state index in [2.05, 4.69) is 0 Å². The van der Waals surface area contributed by atoms with Gasteiger partial charge in [-0.3, -0.25) is 19.2 Å². The number of halogens is 2. The lowest BCUT2D eigenvalue weighted by atomic mass is 9.99. The summed E-state index contributed by atoms with van der Waals surface area (Å²) in [6.07, 6.45) is 1.40. The van der Waals surface area contributed by atoms with E-state index in [9.17, 15) is 19.2 Å². The Morgan fingerprint density at radius 1 is 0.476 bits per heavy atom. The number of amides is 4. The number of para-hydroxylation sites is 2. The summed E-state index contributed by atoms with van der Waals surface area (Å²) in [5.74, 6) is -2.64. The highest BCUT2D eigenvalue weighted by Gasteiger charge is 2.47. The van der Waals surface area contributed by atoms with Crippen molar-refractivity contribution in [1.29, 1.82) is 0 Å². The summed E-state index contributed by atoms with van der Waals surface area (Å²) in [6.45, 7) is 1.90. The Morgan fingerprint density at radius 3 is 1.24 bits per heavy atom. The van der Waals surface area contributed by atoms with Gasteiger partial charge in [-0.25, -0.2) is 9.80 Å². The van der Waals surface area contributed by atoms with Crippen LogP contribution in [0.5, 0.6) is 0 Å². The number of hydrogen-bond donors (Lipinski definition) is 0. The van der Waals surface area contributed by atoms with Gasteiger partial charge in [0.05, 0.1) is 11.4 Å². The molecule has 0 N–H and O–H groups in total. The molecule has 0 radical (unpaired) electrons. The van der Waals surface area contributed by atoms with Crippen molar-refractivity contribution in [3.8, 4) is 0 Å². The third-order valence-corrected chi connectivity index (χ3v) is 8.95. The topological polar surface area (TPSA) is 81.2 Å². The first kappa shape index (κ1) is 26.5. The number of anilines is 2. The van der Waals surface area contributed by atoms with E-state index >= 15 is 0 Å². The lowest BCUT2D eigenvalue weighted by Crippen LogP contribution is -2.40. The zero-order valence-corrected chi connectivity index (χ0v) is 23.9. The molecule has 0 atom stereocenters. The molecule has 10 heteroatoms. The van der Waals surface area contributed by atoms with Crippen LogP contribution in [0.3, 0.4) is 0 Å². The molecule has 0 aromatic heterocycles. The molecule has 0 saturated heterocycles. The summed E-state index contributed by atoms with van der Waals surface area (Å²) in [5, 5.41) is -0.394. The highest BCUT2D eigenvalue weighted by molar-refractivity contribution is 6.54. The van der Waals surface area contributed by atoms with E-state index < -0.39 is 23.6 Å². The van der Waals surface area contributed by atoms with Crippen LogP contribution in [0.15, 0.2) is 94.3 Å². The van der Waals surface area contributed by atoms with Crippen molar-refractivity contribution in [1.82, 2.24) is 9.80 Å². The lowest BCUT2D eigenvalue weighted by molar-refractivity contribution is -0.123. The van der Waals surface area contributed by atoms with Crippen molar-refractivity contribution in [2.24, 2.45) is 0 Å². The molecule has 0 bridgehead atoms. The second-order valence-electron chi connectivity index (χ2n) is 10.6. The lowest BCUT2D eigenvalue weighted by Gasteiger charge is -2.32. The Kier molecular flexibility index (Phi) is 6.40. The second-order valence-corrected chi connectivity index (χ2v) is 11.3. The maximum absolute atomic E-state index is 13.8. The van der Waals surface area contributed by atoms with E-state index in [4.69, 9.17) is 23.2 Å². The quantitative estimate of drug-likeness (QED) is 0.413. The van der Waals surface area contributed by atoms with Gasteiger partial charge >= 0.3 is 0 Å². The summed E-state index contributed by atoms with van der Waals surface area (Å²) in [4.78, 5) is 60.2. The van der Waals surface area contributed by atoms with Crippen LogP contribution in [0.2, 0.25) is 0 Å². The predicted octanol–water partition coefficient (Wildman–Crippen LogP) is 4.45. The zero-order valence-electron chi connectivity index (χ0n) is 22.3. The minimum Gasteiger partial charge on any atom is -0.361 e. The standard InChI is InChI=1S/C32H24Cl2N4O4/c33-25-27(35-15-13-19-7-1-3-9-21(19)17-35)31(41)37(29(25)39)23-11-5-6-12-24(23)38-30(40)26(34)28(32(38)42)36-16-14-20-8-2-4-10-22(20)18-36/h1-12H,13-18H2. The van der Waals surface area contributed by atoms with Gasteiger partial charge in [-0.15, -0.1) is 0 Å². The van der Waals surface area contributed by atoms with Crippen LogP contribution in [0.1, 0.15) is 22.3 Å². The van der Waals surface area contributed by atoms with Gasteiger partial charge in [0, 0.05) is 26.2 Å². The molecule has 0 saturated carbocycles. The number of imide groups is 2. The van der Waals surface area contributed by atoms with E-state index in [-0.39, 0.29) is 32.8 Å². The molecule has 8 nitrogen and oxygen atoms in total. The van der Waals surface area contributed by atoms with Gasteiger partial charge in [0.15, 0.2) is 0 Å². The molecule has 4 aliphatic heterocycles. The molecule has 0 spiro atoms. The fourth-order valence-electron chi connectivity index (χ4n) is 6.18. The van der Waals surface area contributed by atoms with Gasteiger partial charge in [0.25, 0.3) is 23.6 Å². The smallest absolute Gasteiger partial charge is 0.283 e. The largest absolute Gasteiger partial charge is 0.361 e. The first-order valence-electron chi connectivity index (χ1n) is 13.6. The molecule has 0 aliphatic carbocycles. The number of nitrogens with zero attached hydrogens (tertiary/aromatic N) is 4. The summed E-state index contributed by atoms with van der Waals surface area (Å²) in [7, 11) is 0. The van der Waals surface area contributed by atoms with Crippen molar-refractivity contribution in [2.75, 3.05) is 22.9 Å². The first-order valence-corrected chi connectivity index (χ1v) is 14.4. The molecule has 4 heterocycles. The molecule has 7 rings (SSSR count). The van der Waals surface area contributed by atoms with E-state index in [0.29, 0.717) is 39.0 Å². The maximum atomic E-state index is 13.8. The maximum Gasteiger partial charge on any atom is 0.283 e. The van der Waals surface area contributed by atoms with Gasteiger partial charge in [-0.2, -0.15) is 0 Å². The van der Waals surface area contributed by atoms with Crippen LogP contribution < -0.4 is 9.80 Å². The number of carbonyl (C=O) groups is 4. The first-order chi connectivity index (χ1) is 20.3. The van der Waals surface area contributed by atoms with Gasteiger partial charge in [-0.1, -0.05) is 83.9 Å². The Hall–Kier alpha value is -4.40. The van der Waals surface area contributed by atoms with Crippen molar-refractivity contribution in [3.05, 3.63) is 117 Å². The molecule has 42 heavy (non-hydrogen) atoms. The van der Waals surface area contributed by atoms with Crippen molar-refractivity contribution >= 4 is 58.2 Å². The molecule has 0 unspecified atom stereocenters. The monoisotopic (exact) mass is 598 g/mol. The second kappa shape index (κ2) is 10.2. The van der Waals surface area contributed by atoms with E-state index in [1.807, 2.05) is 58.3 Å². The number of fused-ring (bicyclic) bond motifs is 2. The Bertz CT molecular complexity index is 1650. The molecule has 0 fully saturated rings. The molecular formula is C32H24Cl2N4O4.